The molecule has 0 aliphatic rings. The fourth-order valence-electron chi connectivity index (χ4n) is 0.946. The number of nitrogens with zero attached hydrogens (tertiary/aromatic N) is 1. The highest BCUT2D eigenvalue weighted by Crippen LogP contribution is 2.21. The lowest BCUT2D eigenvalue weighted by Crippen LogP contribution is -1.93. The minimum atomic E-state index is -2.38. The van der Waals surface area contributed by atoms with Crippen molar-refractivity contribution in [3.8, 4) is 0 Å². The van der Waals surface area contributed by atoms with Crippen LogP contribution in [0.3, 0.4) is 0 Å². The van der Waals surface area contributed by atoms with E-state index in [0.717, 1.165) is 0 Å². The number of hydrogen-bond acceptors (Lipinski definition) is 1. The highest BCUT2D eigenvalue weighted by molar-refractivity contribution is 5.23. The Balaban J connectivity index is 0.000000671. The van der Waals surface area contributed by atoms with Gasteiger partial charge in [-0.05, 0) is 18.1 Å². The molecule has 3 heteroatoms. The van der Waals surface area contributed by atoms with E-state index in [1.165, 1.54) is 18.5 Å². The first-order valence-electron chi connectivity index (χ1n) is 4.46. The van der Waals surface area contributed by atoms with Crippen molar-refractivity contribution in [1.82, 2.24) is 4.98 Å². The van der Waals surface area contributed by atoms with E-state index in [2.05, 4.69) is 4.98 Å². The molecule has 0 bridgehead atoms. The van der Waals surface area contributed by atoms with Gasteiger partial charge in [0.25, 0.3) is 6.43 Å². The lowest BCUT2D eigenvalue weighted by molar-refractivity contribution is 0.150. The molecule has 0 spiro atoms. The average Bonchev–Trinajstić information content (AvgIpc) is 2.20. The van der Waals surface area contributed by atoms with Crippen molar-refractivity contribution in [1.29, 1.82) is 0 Å². The van der Waals surface area contributed by atoms with Gasteiger partial charge < -0.3 is 0 Å². The van der Waals surface area contributed by atoms with Crippen molar-refractivity contribution in [2.45, 2.75) is 33.6 Å². The average molecular weight is 187 g/mol. The van der Waals surface area contributed by atoms with Crippen LogP contribution in [0.2, 0.25) is 0 Å². The van der Waals surface area contributed by atoms with E-state index in [9.17, 15) is 8.78 Å². The molecule has 0 aromatic carbocycles. The maximum absolute atomic E-state index is 12.2. The quantitative estimate of drug-likeness (QED) is 0.689. The van der Waals surface area contributed by atoms with Crippen molar-refractivity contribution >= 4 is 0 Å². The fourth-order valence-corrected chi connectivity index (χ4v) is 0.946. The van der Waals surface area contributed by atoms with E-state index in [1.807, 2.05) is 20.8 Å². The van der Waals surface area contributed by atoms with E-state index in [0.29, 0.717) is 12.0 Å². The standard InChI is InChI=1S/C8H9F2N.C2H6/c1-2-6-5-11-4-3-7(6)8(9)10;1-2/h3-5,8H,2H2,1H3;1-2H3. The Labute approximate surface area is 77.8 Å². The van der Waals surface area contributed by atoms with Crippen LogP contribution < -0.4 is 0 Å². The summed E-state index contributed by atoms with van der Waals surface area (Å²) in [5, 5.41) is 0. The van der Waals surface area contributed by atoms with Gasteiger partial charge in [-0.25, -0.2) is 8.78 Å². The maximum Gasteiger partial charge on any atom is 0.264 e. The molecule has 0 saturated heterocycles. The van der Waals surface area contributed by atoms with E-state index in [-0.39, 0.29) is 5.56 Å². The van der Waals surface area contributed by atoms with Gasteiger partial charge in [-0.3, -0.25) is 4.98 Å². The van der Waals surface area contributed by atoms with Crippen LogP contribution in [0.4, 0.5) is 8.78 Å². The molecule has 0 radical (unpaired) electrons. The van der Waals surface area contributed by atoms with Gasteiger partial charge in [-0.1, -0.05) is 20.8 Å². The molecule has 0 atom stereocenters. The molecule has 0 saturated carbocycles. The maximum atomic E-state index is 12.2. The number of alkyl halides is 2. The summed E-state index contributed by atoms with van der Waals surface area (Å²) in [6, 6.07) is 1.36. The van der Waals surface area contributed by atoms with Gasteiger partial charge in [0.15, 0.2) is 0 Å². The van der Waals surface area contributed by atoms with Gasteiger partial charge in [-0.15, -0.1) is 0 Å². The summed E-state index contributed by atoms with van der Waals surface area (Å²) in [6.45, 7) is 5.84. The Kier molecular flexibility index (Phi) is 6.02. The van der Waals surface area contributed by atoms with E-state index in [1.54, 1.807) is 0 Å². The minimum Gasteiger partial charge on any atom is -0.264 e. The van der Waals surface area contributed by atoms with Crippen LogP contribution in [0.25, 0.3) is 0 Å². The SMILES string of the molecule is CC.CCc1cnccc1C(F)F. The molecule has 1 aromatic rings. The molecule has 0 fully saturated rings. The molecular weight excluding hydrogens is 172 g/mol. The molecule has 0 amide bonds. The van der Waals surface area contributed by atoms with Crippen molar-refractivity contribution in [3.05, 3.63) is 29.6 Å². The van der Waals surface area contributed by atoms with E-state index < -0.39 is 6.43 Å². The van der Waals surface area contributed by atoms with E-state index in [4.69, 9.17) is 0 Å². The Morgan fingerprint density at radius 2 is 2.00 bits per heavy atom. The number of halogens is 2. The molecule has 13 heavy (non-hydrogen) atoms. The Hall–Kier alpha value is -0.990. The summed E-state index contributed by atoms with van der Waals surface area (Å²) in [4.78, 5) is 3.77. The van der Waals surface area contributed by atoms with Gasteiger partial charge in [0.05, 0.1) is 0 Å². The third-order valence-corrected chi connectivity index (χ3v) is 1.56. The summed E-state index contributed by atoms with van der Waals surface area (Å²) in [5.41, 5.74) is 0.727. The first kappa shape index (κ1) is 12.0. The molecule has 0 aliphatic carbocycles. The molecule has 74 valence electrons. The second kappa shape index (κ2) is 6.52. The van der Waals surface area contributed by atoms with Crippen LogP contribution in [0.15, 0.2) is 18.5 Å². The Morgan fingerprint density at radius 1 is 1.38 bits per heavy atom. The van der Waals surface area contributed by atoms with Crippen LogP contribution in [0.5, 0.6) is 0 Å². The number of hydrogen-bond donors (Lipinski definition) is 0. The molecule has 1 nitrogen and oxygen atoms in total. The lowest BCUT2D eigenvalue weighted by atomic mass is 10.1. The number of rotatable bonds is 2. The zero-order chi connectivity index (χ0) is 10.3. The van der Waals surface area contributed by atoms with Crippen molar-refractivity contribution in [3.63, 3.8) is 0 Å². The molecule has 0 N–H and O–H groups in total. The van der Waals surface area contributed by atoms with Gasteiger partial charge >= 0.3 is 0 Å². The zero-order valence-corrected chi connectivity index (χ0v) is 8.22. The van der Waals surface area contributed by atoms with Crippen molar-refractivity contribution in [2.24, 2.45) is 0 Å². The molecule has 0 aliphatic heterocycles. The lowest BCUT2D eigenvalue weighted by Gasteiger charge is -2.03. The number of aromatic nitrogens is 1. The summed E-state index contributed by atoms with van der Waals surface area (Å²) in [7, 11) is 0. The van der Waals surface area contributed by atoms with Crippen LogP contribution in [0.1, 0.15) is 38.3 Å². The summed E-state index contributed by atoms with van der Waals surface area (Å²) >= 11 is 0. The molecule has 1 aromatic heterocycles. The van der Waals surface area contributed by atoms with Crippen LogP contribution in [-0.2, 0) is 6.42 Å². The summed E-state index contributed by atoms with van der Waals surface area (Å²) < 4.78 is 24.4. The van der Waals surface area contributed by atoms with Crippen LogP contribution >= 0.6 is 0 Å². The van der Waals surface area contributed by atoms with Gasteiger partial charge in [0.1, 0.15) is 0 Å². The number of aryl methyl sites for hydroxylation is 1. The fraction of sp³-hybridized carbons (Fsp3) is 0.500. The second-order valence-electron chi connectivity index (χ2n) is 2.23. The highest BCUT2D eigenvalue weighted by Gasteiger charge is 2.10. The first-order valence-corrected chi connectivity index (χ1v) is 4.46. The summed E-state index contributed by atoms with van der Waals surface area (Å²) in [5.74, 6) is 0. The molecular formula is C10H15F2N. The molecule has 1 rings (SSSR count). The van der Waals surface area contributed by atoms with E-state index >= 15 is 0 Å². The normalized spacial score (nSPS) is 9.38. The largest absolute Gasteiger partial charge is 0.264 e. The Morgan fingerprint density at radius 3 is 2.38 bits per heavy atom. The summed E-state index contributed by atoms with van der Waals surface area (Å²) in [6.07, 6.45) is 1.10. The monoisotopic (exact) mass is 187 g/mol. The second-order valence-corrected chi connectivity index (χ2v) is 2.23. The Bertz CT molecular complexity index is 236. The molecule has 0 unspecified atom stereocenters. The minimum absolute atomic E-state index is 0.0995. The van der Waals surface area contributed by atoms with Crippen molar-refractivity contribution < 1.29 is 8.78 Å². The van der Waals surface area contributed by atoms with Crippen LogP contribution in [0, 0.1) is 0 Å². The van der Waals surface area contributed by atoms with Crippen LogP contribution in [-0.4, -0.2) is 4.98 Å². The van der Waals surface area contributed by atoms with Crippen molar-refractivity contribution in [2.75, 3.05) is 0 Å². The first-order chi connectivity index (χ1) is 6.25. The number of pyridine rings is 1. The third-order valence-electron chi connectivity index (χ3n) is 1.56. The highest BCUT2D eigenvalue weighted by atomic mass is 19.3. The molecule has 1 heterocycles. The predicted octanol–water partition coefficient (Wildman–Crippen LogP) is 3.61. The third kappa shape index (κ3) is 3.49. The topological polar surface area (TPSA) is 12.9 Å². The zero-order valence-electron chi connectivity index (χ0n) is 8.22. The predicted molar refractivity (Wildman–Crippen MR) is 49.9 cm³/mol. The van der Waals surface area contributed by atoms with Gasteiger partial charge in [-0.2, -0.15) is 0 Å². The smallest absolute Gasteiger partial charge is 0.264 e. The van der Waals surface area contributed by atoms with Gasteiger partial charge in [0, 0.05) is 18.0 Å². The van der Waals surface area contributed by atoms with Gasteiger partial charge in [0.2, 0.25) is 0 Å².